The first-order valence-corrected chi connectivity index (χ1v) is 7.32. The van der Waals surface area contributed by atoms with Crippen LogP contribution in [0.1, 0.15) is 28.8 Å². The molecule has 5 nitrogen and oxygen atoms in total. The summed E-state index contributed by atoms with van der Waals surface area (Å²) in [4.78, 5) is 2.15. The highest BCUT2D eigenvalue weighted by Gasteiger charge is 2.29. The topological polar surface area (TPSA) is 55.1 Å². The third-order valence-corrected chi connectivity index (χ3v) is 4.04. The lowest BCUT2D eigenvalue weighted by atomic mass is 9.95. The fourth-order valence-electron chi connectivity index (χ4n) is 3.06. The summed E-state index contributed by atoms with van der Waals surface area (Å²) in [5.41, 5.74) is 1.80. The lowest BCUT2D eigenvalue weighted by Gasteiger charge is -2.33. The van der Waals surface area contributed by atoms with E-state index in [9.17, 15) is 5.11 Å². The van der Waals surface area contributed by atoms with E-state index in [4.69, 9.17) is 13.9 Å². The molecule has 1 N–H and O–H groups in total. The van der Waals surface area contributed by atoms with Crippen LogP contribution in [0.4, 0.5) is 0 Å². The molecule has 2 heterocycles. The van der Waals surface area contributed by atoms with Gasteiger partial charge in [-0.1, -0.05) is 0 Å². The average molecular weight is 303 g/mol. The molecular formula is C17H21NO4. The van der Waals surface area contributed by atoms with Gasteiger partial charge in [0.2, 0.25) is 0 Å². The van der Waals surface area contributed by atoms with Gasteiger partial charge >= 0.3 is 0 Å². The van der Waals surface area contributed by atoms with Gasteiger partial charge in [0, 0.05) is 24.2 Å². The van der Waals surface area contributed by atoms with Crippen LogP contribution >= 0.6 is 0 Å². The van der Waals surface area contributed by atoms with Crippen molar-refractivity contribution in [3.8, 4) is 11.5 Å². The first-order chi connectivity index (χ1) is 10.6. The Balaban J connectivity index is 1.90. The molecule has 1 aliphatic heterocycles. The van der Waals surface area contributed by atoms with Crippen LogP contribution in [0.2, 0.25) is 0 Å². The van der Waals surface area contributed by atoms with Crippen molar-refractivity contribution in [1.29, 1.82) is 0 Å². The molecule has 1 unspecified atom stereocenters. The van der Waals surface area contributed by atoms with Gasteiger partial charge in [0.1, 0.15) is 23.0 Å². The predicted molar refractivity (Wildman–Crippen MR) is 82.1 cm³/mol. The standard InChI is InChI=1S/C17H21NO4/c1-11-4-5-12(22-11)8-18-9-13-15(20-2)6-7-16(21-3)17(13)14(19)10-18/h4-7,14,19H,8-10H2,1-3H3. The zero-order chi connectivity index (χ0) is 15.7. The summed E-state index contributed by atoms with van der Waals surface area (Å²) in [7, 11) is 3.26. The summed E-state index contributed by atoms with van der Waals surface area (Å²) in [6, 6.07) is 7.64. The summed E-state index contributed by atoms with van der Waals surface area (Å²) in [5, 5.41) is 10.5. The van der Waals surface area contributed by atoms with Gasteiger partial charge in [0.15, 0.2) is 0 Å². The number of furan rings is 1. The van der Waals surface area contributed by atoms with E-state index in [1.165, 1.54) is 0 Å². The summed E-state index contributed by atoms with van der Waals surface area (Å²) < 4.78 is 16.5. The Kier molecular flexibility index (Phi) is 4.09. The Hall–Kier alpha value is -1.98. The normalized spacial score (nSPS) is 18.1. The maximum Gasteiger partial charge on any atom is 0.125 e. The number of fused-ring (bicyclic) bond motifs is 1. The maximum absolute atomic E-state index is 10.5. The minimum Gasteiger partial charge on any atom is -0.496 e. The molecule has 0 bridgehead atoms. The second-order valence-corrected chi connectivity index (χ2v) is 5.56. The molecule has 1 aromatic carbocycles. The molecule has 1 atom stereocenters. The van der Waals surface area contributed by atoms with Crippen molar-refractivity contribution in [1.82, 2.24) is 4.90 Å². The Morgan fingerprint density at radius 2 is 1.91 bits per heavy atom. The number of hydrogen-bond donors (Lipinski definition) is 1. The van der Waals surface area contributed by atoms with Crippen LogP contribution in [-0.2, 0) is 13.1 Å². The predicted octanol–water partition coefficient (Wildman–Crippen LogP) is 2.65. The molecule has 3 rings (SSSR count). The number of aliphatic hydroxyl groups is 1. The SMILES string of the molecule is COc1ccc(OC)c2c1CN(Cc1ccc(C)o1)CC2O. The van der Waals surface area contributed by atoms with E-state index in [2.05, 4.69) is 4.90 Å². The highest BCUT2D eigenvalue weighted by Crippen LogP contribution is 2.39. The van der Waals surface area contributed by atoms with Gasteiger partial charge < -0.3 is 19.0 Å². The molecule has 5 heteroatoms. The zero-order valence-corrected chi connectivity index (χ0v) is 13.1. The lowest BCUT2D eigenvalue weighted by molar-refractivity contribution is 0.0802. The van der Waals surface area contributed by atoms with Crippen LogP contribution in [0.3, 0.4) is 0 Å². The van der Waals surface area contributed by atoms with Crippen molar-refractivity contribution in [2.45, 2.75) is 26.1 Å². The molecule has 0 saturated heterocycles. The average Bonchev–Trinajstić information content (AvgIpc) is 2.91. The third kappa shape index (κ3) is 2.69. The van der Waals surface area contributed by atoms with Crippen LogP contribution in [0.25, 0.3) is 0 Å². The first-order valence-electron chi connectivity index (χ1n) is 7.32. The third-order valence-electron chi connectivity index (χ3n) is 4.04. The monoisotopic (exact) mass is 303 g/mol. The number of aliphatic hydroxyl groups excluding tert-OH is 1. The molecular weight excluding hydrogens is 282 g/mol. The number of rotatable bonds is 4. The van der Waals surface area contributed by atoms with Crippen LogP contribution < -0.4 is 9.47 Å². The van der Waals surface area contributed by atoms with Crippen molar-refractivity contribution in [2.24, 2.45) is 0 Å². The fraction of sp³-hybridized carbons (Fsp3) is 0.412. The van der Waals surface area contributed by atoms with Gasteiger partial charge in [-0.25, -0.2) is 0 Å². The number of methoxy groups -OCH3 is 2. The van der Waals surface area contributed by atoms with E-state index < -0.39 is 6.10 Å². The first kappa shape index (κ1) is 14.9. The highest BCUT2D eigenvalue weighted by atomic mass is 16.5. The minimum atomic E-state index is -0.607. The van der Waals surface area contributed by atoms with Crippen molar-refractivity contribution < 1.29 is 19.0 Å². The fourth-order valence-corrected chi connectivity index (χ4v) is 3.06. The maximum atomic E-state index is 10.5. The second kappa shape index (κ2) is 6.02. The molecule has 0 spiro atoms. The summed E-state index contributed by atoms with van der Waals surface area (Å²) in [6.07, 6.45) is -0.607. The molecule has 0 fully saturated rings. The number of aryl methyl sites for hydroxylation is 1. The van der Waals surface area contributed by atoms with Crippen LogP contribution in [0.5, 0.6) is 11.5 Å². The smallest absolute Gasteiger partial charge is 0.125 e. The Labute approximate surface area is 130 Å². The van der Waals surface area contributed by atoms with Crippen LogP contribution in [-0.4, -0.2) is 30.8 Å². The van der Waals surface area contributed by atoms with Crippen molar-refractivity contribution in [3.05, 3.63) is 46.9 Å². The van der Waals surface area contributed by atoms with Crippen molar-refractivity contribution >= 4 is 0 Å². The minimum absolute atomic E-state index is 0.538. The molecule has 1 aliphatic rings. The van der Waals surface area contributed by atoms with Gasteiger partial charge in [0.25, 0.3) is 0 Å². The summed E-state index contributed by atoms with van der Waals surface area (Å²) in [6.45, 7) is 3.81. The molecule has 2 aromatic rings. The lowest BCUT2D eigenvalue weighted by Crippen LogP contribution is -2.33. The second-order valence-electron chi connectivity index (χ2n) is 5.56. The molecule has 0 radical (unpaired) electrons. The molecule has 22 heavy (non-hydrogen) atoms. The van der Waals surface area contributed by atoms with Gasteiger partial charge in [0.05, 0.1) is 26.9 Å². The van der Waals surface area contributed by atoms with Crippen molar-refractivity contribution in [2.75, 3.05) is 20.8 Å². The highest BCUT2D eigenvalue weighted by molar-refractivity contribution is 5.51. The van der Waals surface area contributed by atoms with E-state index in [-0.39, 0.29) is 0 Å². The van der Waals surface area contributed by atoms with E-state index in [0.717, 1.165) is 28.4 Å². The number of benzene rings is 1. The summed E-state index contributed by atoms with van der Waals surface area (Å²) >= 11 is 0. The van der Waals surface area contributed by atoms with Crippen LogP contribution in [0.15, 0.2) is 28.7 Å². The van der Waals surface area contributed by atoms with Gasteiger partial charge in [-0.15, -0.1) is 0 Å². The number of β-amino-alcohol motifs (C(OH)–C–C–N with tert-alkyl or cyclic N) is 1. The summed E-state index contributed by atoms with van der Waals surface area (Å²) in [5.74, 6) is 3.27. The number of hydrogen-bond acceptors (Lipinski definition) is 5. The van der Waals surface area contributed by atoms with E-state index in [1.807, 2.05) is 31.2 Å². The Morgan fingerprint density at radius 1 is 1.18 bits per heavy atom. The largest absolute Gasteiger partial charge is 0.496 e. The molecule has 0 saturated carbocycles. The zero-order valence-electron chi connectivity index (χ0n) is 13.1. The van der Waals surface area contributed by atoms with E-state index >= 15 is 0 Å². The van der Waals surface area contributed by atoms with E-state index in [0.29, 0.717) is 25.4 Å². The van der Waals surface area contributed by atoms with Crippen molar-refractivity contribution in [3.63, 3.8) is 0 Å². The molecule has 0 amide bonds. The quantitative estimate of drug-likeness (QED) is 0.941. The van der Waals surface area contributed by atoms with E-state index in [1.54, 1.807) is 14.2 Å². The van der Waals surface area contributed by atoms with Gasteiger partial charge in [-0.3, -0.25) is 4.90 Å². The Morgan fingerprint density at radius 3 is 2.55 bits per heavy atom. The number of nitrogens with zero attached hydrogens (tertiary/aromatic N) is 1. The molecule has 1 aromatic heterocycles. The number of ether oxygens (including phenoxy) is 2. The molecule has 0 aliphatic carbocycles. The van der Waals surface area contributed by atoms with Gasteiger partial charge in [-0.05, 0) is 31.2 Å². The van der Waals surface area contributed by atoms with Crippen LogP contribution in [0, 0.1) is 6.92 Å². The van der Waals surface area contributed by atoms with Gasteiger partial charge in [-0.2, -0.15) is 0 Å². The Bertz CT molecular complexity index is 665. The molecule has 118 valence electrons.